The molecule has 1 aromatic carbocycles. The summed E-state index contributed by atoms with van der Waals surface area (Å²) in [6.45, 7) is 7.78. The van der Waals surface area contributed by atoms with Gasteiger partial charge >= 0.3 is 11.9 Å². The zero-order valence-electron chi connectivity index (χ0n) is 14.5. The van der Waals surface area contributed by atoms with Gasteiger partial charge in [-0.1, -0.05) is 33.8 Å². The molecule has 1 saturated carbocycles. The number of carbonyl (C=O) groups is 2. The molecular weight excluding hydrogens is 308 g/mol. The van der Waals surface area contributed by atoms with E-state index in [2.05, 4.69) is 13.8 Å². The highest BCUT2D eigenvalue weighted by molar-refractivity contribution is 5.84. The molecule has 3 unspecified atom stereocenters. The minimum Gasteiger partial charge on any atom is -0.508 e. The van der Waals surface area contributed by atoms with Crippen LogP contribution in [0.3, 0.4) is 0 Å². The van der Waals surface area contributed by atoms with Crippen molar-refractivity contribution < 1.29 is 24.9 Å². The Morgan fingerprint density at radius 2 is 1.54 bits per heavy atom. The molecule has 2 aliphatic rings. The lowest BCUT2D eigenvalue weighted by atomic mass is 9.69. The summed E-state index contributed by atoms with van der Waals surface area (Å²) in [5.41, 5.74) is 0.138. The molecule has 1 spiro atoms. The molecular formula is C19H24O5. The van der Waals surface area contributed by atoms with Crippen LogP contribution in [0.5, 0.6) is 5.75 Å². The second-order valence-corrected chi connectivity index (χ2v) is 8.74. The molecule has 1 aromatic rings. The van der Waals surface area contributed by atoms with Gasteiger partial charge in [-0.3, -0.25) is 9.59 Å². The molecule has 0 aromatic heterocycles. The van der Waals surface area contributed by atoms with Gasteiger partial charge in [0.15, 0.2) is 0 Å². The predicted octanol–water partition coefficient (Wildman–Crippen LogP) is 3.14. The zero-order valence-corrected chi connectivity index (χ0v) is 14.5. The van der Waals surface area contributed by atoms with Crippen LogP contribution in [-0.4, -0.2) is 27.3 Å². The molecule has 5 nitrogen and oxygen atoms in total. The summed E-state index contributed by atoms with van der Waals surface area (Å²) in [6, 6.07) is 5.10. The molecule has 1 fully saturated rings. The second-order valence-electron chi connectivity index (χ2n) is 8.74. The molecule has 130 valence electrons. The van der Waals surface area contributed by atoms with Crippen LogP contribution in [-0.2, 0) is 20.4 Å². The fourth-order valence-corrected chi connectivity index (χ4v) is 5.61. The van der Waals surface area contributed by atoms with Gasteiger partial charge in [-0.05, 0) is 46.9 Å². The molecule has 24 heavy (non-hydrogen) atoms. The monoisotopic (exact) mass is 332 g/mol. The van der Waals surface area contributed by atoms with E-state index in [1.54, 1.807) is 12.1 Å². The van der Waals surface area contributed by atoms with Crippen molar-refractivity contribution in [3.8, 4) is 5.75 Å². The van der Waals surface area contributed by atoms with Crippen LogP contribution in [0.15, 0.2) is 18.2 Å². The highest BCUT2D eigenvalue weighted by atomic mass is 16.4. The minimum atomic E-state index is -1.07. The van der Waals surface area contributed by atoms with Crippen LogP contribution in [0.1, 0.15) is 51.7 Å². The lowest BCUT2D eigenvalue weighted by Gasteiger charge is -2.32. The Bertz CT molecular complexity index is 733. The molecule has 3 atom stereocenters. The number of carboxylic acids is 2. The number of fused-ring (bicyclic) bond motifs is 2. The van der Waals surface area contributed by atoms with Crippen molar-refractivity contribution in [2.24, 2.45) is 17.3 Å². The fourth-order valence-electron chi connectivity index (χ4n) is 5.61. The second kappa shape index (κ2) is 4.74. The summed E-state index contributed by atoms with van der Waals surface area (Å²) in [5.74, 6) is -4.01. The summed E-state index contributed by atoms with van der Waals surface area (Å²) < 4.78 is 0. The van der Waals surface area contributed by atoms with Gasteiger partial charge in [-0.15, -0.1) is 0 Å². The molecule has 0 radical (unpaired) electrons. The van der Waals surface area contributed by atoms with E-state index in [4.69, 9.17) is 0 Å². The van der Waals surface area contributed by atoms with Crippen molar-refractivity contribution in [1.82, 2.24) is 0 Å². The number of aromatic hydroxyl groups is 1. The largest absolute Gasteiger partial charge is 0.508 e. The van der Waals surface area contributed by atoms with E-state index in [0.717, 1.165) is 11.1 Å². The Morgan fingerprint density at radius 1 is 0.958 bits per heavy atom. The lowest BCUT2D eigenvalue weighted by molar-refractivity contribution is -0.157. The third kappa shape index (κ3) is 2.06. The fraction of sp³-hybridized carbons (Fsp3) is 0.579. The van der Waals surface area contributed by atoms with E-state index < -0.39 is 34.6 Å². The Morgan fingerprint density at radius 3 is 2.08 bits per heavy atom. The van der Waals surface area contributed by atoms with Crippen LogP contribution in [0.25, 0.3) is 0 Å². The maximum absolute atomic E-state index is 12.1. The summed E-state index contributed by atoms with van der Waals surface area (Å²) in [5, 5.41) is 29.6. The third-order valence-electron chi connectivity index (χ3n) is 6.10. The summed E-state index contributed by atoms with van der Waals surface area (Å²) in [4.78, 5) is 24.0. The van der Waals surface area contributed by atoms with Crippen LogP contribution in [0, 0.1) is 17.3 Å². The zero-order chi connectivity index (χ0) is 18.1. The molecule has 3 rings (SSSR count). The highest BCUT2D eigenvalue weighted by Gasteiger charge is 2.67. The van der Waals surface area contributed by atoms with Gasteiger partial charge in [0, 0.05) is 5.41 Å². The number of carboxylic acid groups (broad SMARTS) is 2. The van der Waals surface area contributed by atoms with Gasteiger partial charge in [0.25, 0.3) is 0 Å². The summed E-state index contributed by atoms with van der Waals surface area (Å²) >= 11 is 0. The van der Waals surface area contributed by atoms with Crippen LogP contribution in [0.2, 0.25) is 0 Å². The first-order chi connectivity index (χ1) is 10.9. The van der Waals surface area contributed by atoms with Gasteiger partial charge in [0.05, 0.1) is 11.8 Å². The van der Waals surface area contributed by atoms with Crippen LogP contribution in [0.4, 0.5) is 0 Å². The Labute approximate surface area is 141 Å². The number of aliphatic carboxylic acids is 2. The first-order valence-corrected chi connectivity index (χ1v) is 8.22. The molecule has 3 N–H and O–H groups in total. The third-order valence-corrected chi connectivity index (χ3v) is 6.10. The Hall–Kier alpha value is -2.04. The van der Waals surface area contributed by atoms with Crippen molar-refractivity contribution in [1.29, 1.82) is 0 Å². The maximum atomic E-state index is 12.1. The van der Waals surface area contributed by atoms with E-state index in [1.165, 1.54) is 0 Å². The van der Waals surface area contributed by atoms with E-state index in [-0.39, 0.29) is 11.2 Å². The van der Waals surface area contributed by atoms with Gasteiger partial charge in [-0.25, -0.2) is 0 Å². The quantitative estimate of drug-likeness (QED) is 0.773. The number of phenolic OH excluding ortho intramolecular Hbond substituents is 1. The Kier molecular flexibility index (Phi) is 3.32. The highest BCUT2D eigenvalue weighted by Crippen LogP contribution is 2.66. The molecule has 0 amide bonds. The van der Waals surface area contributed by atoms with Gasteiger partial charge < -0.3 is 15.3 Å². The first-order valence-electron chi connectivity index (χ1n) is 8.22. The number of hydrogen-bond donors (Lipinski definition) is 3. The van der Waals surface area contributed by atoms with E-state index in [1.807, 2.05) is 19.9 Å². The topological polar surface area (TPSA) is 94.8 Å². The van der Waals surface area contributed by atoms with Gasteiger partial charge in [-0.2, -0.15) is 0 Å². The number of rotatable bonds is 2. The van der Waals surface area contributed by atoms with Gasteiger partial charge in [0.2, 0.25) is 0 Å². The molecule has 5 heteroatoms. The Balaban J connectivity index is 2.30. The van der Waals surface area contributed by atoms with Crippen molar-refractivity contribution in [3.63, 3.8) is 0 Å². The van der Waals surface area contributed by atoms with Crippen LogP contribution >= 0.6 is 0 Å². The number of phenols is 1. The van der Waals surface area contributed by atoms with Crippen molar-refractivity contribution in [2.45, 2.75) is 51.4 Å². The standard InChI is InChI=1S/C19H24O5/c1-17(2)8-19(12-7-10(20)5-6-11(12)17)9-18(3,4)13(15(21)22)14(19)16(23)24/h5-7,13-14,20H,8-9H2,1-4H3,(H,21,22)(H,23,24). The SMILES string of the molecule is CC1(C)CC2(CC(C)(C)C(C(=O)O)C2C(=O)O)c2cc(O)ccc21. The van der Waals surface area contributed by atoms with Crippen molar-refractivity contribution in [3.05, 3.63) is 29.3 Å². The average Bonchev–Trinajstić information content (AvgIpc) is 2.77. The normalized spacial score (nSPS) is 32.7. The smallest absolute Gasteiger partial charge is 0.308 e. The molecule has 0 aliphatic heterocycles. The van der Waals surface area contributed by atoms with E-state index in [9.17, 15) is 24.9 Å². The summed E-state index contributed by atoms with van der Waals surface area (Å²) in [6.07, 6.45) is 1.05. The maximum Gasteiger partial charge on any atom is 0.308 e. The van der Waals surface area contributed by atoms with Crippen LogP contribution < -0.4 is 0 Å². The molecule has 0 bridgehead atoms. The number of benzene rings is 1. The molecule has 0 heterocycles. The minimum absolute atomic E-state index is 0.0894. The van der Waals surface area contributed by atoms with E-state index in [0.29, 0.717) is 12.8 Å². The molecule has 2 aliphatic carbocycles. The predicted molar refractivity (Wildman–Crippen MR) is 88.1 cm³/mol. The van der Waals surface area contributed by atoms with Crippen molar-refractivity contribution >= 4 is 11.9 Å². The number of hydrogen-bond acceptors (Lipinski definition) is 3. The molecule has 0 saturated heterocycles. The lowest BCUT2D eigenvalue weighted by Crippen LogP contribution is -2.40. The van der Waals surface area contributed by atoms with Gasteiger partial charge in [0.1, 0.15) is 5.75 Å². The van der Waals surface area contributed by atoms with E-state index >= 15 is 0 Å². The average molecular weight is 332 g/mol. The summed E-state index contributed by atoms with van der Waals surface area (Å²) in [7, 11) is 0. The first kappa shape index (κ1) is 16.8. The van der Waals surface area contributed by atoms with Crippen molar-refractivity contribution in [2.75, 3.05) is 0 Å².